The van der Waals surface area contributed by atoms with E-state index in [1.807, 2.05) is 0 Å². The van der Waals surface area contributed by atoms with E-state index in [0.717, 1.165) is 0 Å². The highest BCUT2D eigenvalue weighted by molar-refractivity contribution is 6.35. The Morgan fingerprint density at radius 1 is 1.12 bits per heavy atom. The van der Waals surface area contributed by atoms with Crippen molar-refractivity contribution in [1.29, 1.82) is 0 Å². The molecule has 0 aliphatic heterocycles. The van der Waals surface area contributed by atoms with Crippen LogP contribution < -0.4 is 10.6 Å². The van der Waals surface area contributed by atoms with Gasteiger partial charge < -0.3 is 15.2 Å². The van der Waals surface area contributed by atoms with Crippen molar-refractivity contribution >= 4 is 46.6 Å². The fraction of sp³-hybridized carbons (Fsp3) is 0.125. The number of carbonyl (C=O) groups excluding carboxylic acids is 1. The number of amides is 1. The Labute approximate surface area is 153 Å². The normalized spacial score (nSPS) is 10.6. The molecule has 128 valence electrons. The summed E-state index contributed by atoms with van der Waals surface area (Å²) in [5.74, 6) is 0.890. The van der Waals surface area contributed by atoms with Crippen molar-refractivity contribution in [2.45, 2.75) is 13.8 Å². The summed E-state index contributed by atoms with van der Waals surface area (Å²) in [5, 5.41) is 10.2. The van der Waals surface area contributed by atoms with Gasteiger partial charge in [0.25, 0.3) is 5.91 Å². The highest BCUT2D eigenvalue weighted by Crippen LogP contribution is 2.26. The second kappa shape index (κ2) is 7.08. The van der Waals surface area contributed by atoms with Crippen LogP contribution in [-0.4, -0.2) is 21.0 Å². The third-order valence-corrected chi connectivity index (χ3v) is 3.70. The van der Waals surface area contributed by atoms with Crippen LogP contribution in [0.5, 0.6) is 0 Å². The molecular formula is C16H13Cl2N5O2. The number of nitrogens with one attached hydrogen (secondary N) is 2. The molecule has 0 radical (unpaired) electrons. The molecule has 3 rings (SSSR count). The molecule has 0 saturated heterocycles. The number of nitrogens with zero attached hydrogens (tertiary/aromatic N) is 3. The second-order valence-electron chi connectivity index (χ2n) is 5.24. The van der Waals surface area contributed by atoms with Gasteiger partial charge in [0.2, 0.25) is 5.95 Å². The van der Waals surface area contributed by atoms with Crippen LogP contribution in [0.4, 0.5) is 17.5 Å². The van der Waals surface area contributed by atoms with E-state index >= 15 is 0 Å². The lowest BCUT2D eigenvalue weighted by molar-refractivity contribution is 0.102. The fourth-order valence-corrected chi connectivity index (χ4v) is 2.40. The minimum atomic E-state index is -0.436. The topological polar surface area (TPSA) is 92.9 Å². The molecule has 0 bridgehead atoms. The summed E-state index contributed by atoms with van der Waals surface area (Å²) in [4.78, 5) is 20.9. The van der Waals surface area contributed by atoms with Crippen molar-refractivity contribution < 1.29 is 9.32 Å². The summed E-state index contributed by atoms with van der Waals surface area (Å²) in [7, 11) is 0. The molecule has 3 aromatic rings. The zero-order valence-corrected chi connectivity index (χ0v) is 14.8. The van der Waals surface area contributed by atoms with Crippen molar-refractivity contribution in [3.63, 3.8) is 0 Å². The van der Waals surface area contributed by atoms with E-state index in [2.05, 4.69) is 25.8 Å². The first kappa shape index (κ1) is 17.2. The Morgan fingerprint density at radius 3 is 2.64 bits per heavy atom. The number of aryl methyl sites for hydroxylation is 2. The lowest BCUT2D eigenvalue weighted by Gasteiger charge is -2.09. The molecule has 0 unspecified atom stereocenters. The van der Waals surface area contributed by atoms with Gasteiger partial charge in [0.1, 0.15) is 11.5 Å². The molecule has 0 spiro atoms. The third-order valence-electron chi connectivity index (χ3n) is 3.13. The summed E-state index contributed by atoms with van der Waals surface area (Å²) in [6.07, 6.45) is 0. The molecule has 0 atom stereocenters. The molecule has 2 N–H and O–H groups in total. The van der Waals surface area contributed by atoms with Crippen molar-refractivity contribution in [2.24, 2.45) is 0 Å². The minimum Gasteiger partial charge on any atom is -0.360 e. The molecule has 9 heteroatoms. The van der Waals surface area contributed by atoms with Crippen molar-refractivity contribution in [1.82, 2.24) is 15.1 Å². The first-order valence-corrected chi connectivity index (χ1v) is 7.99. The lowest BCUT2D eigenvalue weighted by Crippen LogP contribution is -2.15. The number of halogens is 2. The van der Waals surface area contributed by atoms with Crippen LogP contribution in [-0.2, 0) is 0 Å². The average Bonchev–Trinajstić information content (AvgIpc) is 2.95. The second-order valence-corrected chi connectivity index (χ2v) is 6.09. The summed E-state index contributed by atoms with van der Waals surface area (Å²) in [5.41, 5.74) is 1.18. The maximum Gasteiger partial charge on any atom is 0.274 e. The average molecular weight is 378 g/mol. The summed E-state index contributed by atoms with van der Waals surface area (Å²) >= 11 is 12.0. The smallest absolute Gasteiger partial charge is 0.274 e. The fourth-order valence-electron chi connectivity index (χ4n) is 2.06. The van der Waals surface area contributed by atoms with Gasteiger partial charge in [-0.3, -0.25) is 4.79 Å². The van der Waals surface area contributed by atoms with Gasteiger partial charge in [-0.2, -0.15) is 0 Å². The van der Waals surface area contributed by atoms with Crippen LogP contribution in [0, 0.1) is 13.8 Å². The highest BCUT2D eigenvalue weighted by Gasteiger charge is 2.14. The molecular weight excluding hydrogens is 365 g/mol. The Balaban J connectivity index is 1.83. The molecule has 0 fully saturated rings. The Hall–Kier alpha value is -2.64. The standard InChI is InChI=1S/C16H13Cl2N5O2/c1-8-5-13(15(24)20-12-7-10(17)3-4-11(12)18)21-16(19-8)22-14-6-9(2)25-23-14/h3-7H,1-2H3,(H,20,24)(H,19,21,22,23). The van der Waals surface area contributed by atoms with Crippen molar-refractivity contribution in [3.05, 3.63) is 57.5 Å². The van der Waals surface area contributed by atoms with Crippen molar-refractivity contribution in [2.75, 3.05) is 10.6 Å². The van der Waals surface area contributed by atoms with E-state index in [-0.39, 0.29) is 11.6 Å². The number of carbonyl (C=O) groups is 1. The van der Waals surface area contributed by atoms with Gasteiger partial charge in [-0.1, -0.05) is 28.4 Å². The number of benzene rings is 1. The third kappa shape index (κ3) is 4.26. The summed E-state index contributed by atoms with van der Waals surface area (Å²) in [6.45, 7) is 3.52. The number of hydrogen-bond donors (Lipinski definition) is 2. The Morgan fingerprint density at radius 2 is 1.92 bits per heavy atom. The van der Waals surface area contributed by atoms with E-state index < -0.39 is 5.91 Å². The maximum absolute atomic E-state index is 12.5. The van der Waals surface area contributed by atoms with Crippen LogP contribution >= 0.6 is 23.2 Å². The van der Waals surface area contributed by atoms with Crippen LogP contribution in [0.3, 0.4) is 0 Å². The zero-order valence-electron chi connectivity index (χ0n) is 13.3. The molecule has 0 aliphatic carbocycles. The largest absolute Gasteiger partial charge is 0.360 e. The zero-order chi connectivity index (χ0) is 18.0. The quantitative estimate of drug-likeness (QED) is 0.700. The number of rotatable bonds is 4. The number of aromatic nitrogens is 3. The van der Waals surface area contributed by atoms with E-state index in [9.17, 15) is 4.79 Å². The van der Waals surface area contributed by atoms with E-state index in [1.54, 1.807) is 44.2 Å². The maximum atomic E-state index is 12.5. The van der Waals surface area contributed by atoms with Crippen LogP contribution in [0.15, 0.2) is 34.9 Å². The SMILES string of the molecule is Cc1cc(C(=O)Nc2cc(Cl)ccc2Cl)nc(Nc2cc(C)on2)n1. The molecule has 0 saturated carbocycles. The molecule has 25 heavy (non-hydrogen) atoms. The molecule has 2 heterocycles. The molecule has 0 aliphatic rings. The van der Waals surface area contributed by atoms with Gasteiger partial charge in [-0.25, -0.2) is 9.97 Å². The number of anilines is 3. The van der Waals surface area contributed by atoms with E-state index in [4.69, 9.17) is 27.7 Å². The van der Waals surface area contributed by atoms with Gasteiger partial charge >= 0.3 is 0 Å². The molecule has 1 aromatic carbocycles. The van der Waals surface area contributed by atoms with Crippen molar-refractivity contribution in [3.8, 4) is 0 Å². The highest BCUT2D eigenvalue weighted by atomic mass is 35.5. The van der Waals surface area contributed by atoms with Crippen LogP contribution in [0.1, 0.15) is 21.9 Å². The van der Waals surface area contributed by atoms with Gasteiger partial charge in [-0.05, 0) is 38.1 Å². The lowest BCUT2D eigenvalue weighted by atomic mass is 10.3. The van der Waals surface area contributed by atoms with Gasteiger partial charge in [0.15, 0.2) is 5.82 Å². The first-order valence-electron chi connectivity index (χ1n) is 7.23. The van der Waals surface area contributed by atoms with E-state index in [1.165, 1.54) is 0 Å². The predicted octanol–water partition coefficient (Wildman–Crippen LogP) is 4.38. The van der Waals surface area contributed by atoms with Gasteiger partial charge in [0.05, 0.1) is 10.7 Å². The van der Waals surface area contributed by atoms with Gasteiger partial charge in [-0.15, -0.1) is 0 Å². The number of hydrogen-bond acceptors (Lipinski definition) is 6. The molecule has 7 nitrogen and oxygen atoms in total. The monoisotopic (exact) mass is 377 g/mol. The summed E-state index contributed by atoms with van der Waals surface area (Å²) < 4.78 is 4.97. The summed E-state index contributed by atoms with van der Waals surface area (Å²) in [6, 6.07) is 8.05. The minimum absolute atomic E-state index is 0.172. The van der Waals surface area contributed by atoms with E-state index in [0.29, 0.717) is 33.0 Å². The van der Waals surface area contributed by atoms with Crippen LogP contribution in [0.2, 0.25) is 10.0 Å². The predicted molar refractivity (Wildman–Crippen MR) is 95.7 cm³/mol. The van der Waals surface area contributed by atoms with Crippen LogP contribution in [0.25, 0.3) is 0 Å². The first-order chi connectivity index (χ1) is 11.9. The molecule has 1 amide bonds. The molecule has 2 aromatic heterocycles. The Bertz CT molecular complexity index is 942. The Kier molecular flexibility index (Phi) is 4.87. The van der Waals surface area contributed by atoms with Gasteiger partial charge in [0, 0.05) is 16.8 Å².